The molecule has 2 amide bonds. The number of rotatable bonds is 10. The van der Waals surface area contributed by atoms with Crippen LogP contribution in [0.15, 0.2) is 71.6 Å². The third-order valence-electron chi connectivity index (χ3n) is 7.66. The van der Waals surface area contributed by atoms with Gasteiger partial charge in [0.05, 0.1) is 10.6 Å². The van der Waals surface area contributed by atoms with E-state index in [1.54, 1.807) is 44.2 Å². The highest BCUT2D eigenvalue weighted by molar-refractivity contribution is 7.92. The number of anilines is 1. The van der Waals surface area contributed by atoms with Gasteiger partial charge in [-0.05, 0) is 82.0 Å². The van der Waals surface area contributed by atoms with E-state index >= 15 is 0 Å². The molecule has 7 nitrogen and oxygen atoms in total. The number of carbonyl (C=O) groups excluding carboxylic acids is 2. The van der Waals surface area contributed by atoms with Gasteiger partial charge in [-0.1, -0.05) is 72.0 Å². The summed E-state index contributed by atoms with van der Waals surface area (Å²) in [6.07, 6.45) is 3.97. The Labute approximate surface area is 248 Å². The number of halogens is 1. The molecule has 0 bridgehead atoms. The molecule has 1 fully saturated rings. The molecule has 0 radical (unpaired) electrons. The second kappa shape index (κ2) is 13.1. The molecule has 1 aliphatic carbocycles. The van der Waals surface area contributed by atoms with Crippen molar-refractivity contribution in [2.45, 2.75) is 76.9 Å². The van der Waals surface area contributed by atoms with Crippen LogP contribution in [0, 0.1) is 20.8 Å². The van der Waals surface area contributed by atoms with Crippen molar-refractivity contribution in [3.05, 3.63) is 94.0 Å². The lowest BCUT2D eigenvalue weighted by Crippen LogP contribution is -2.52. The molecule has 0 saturated heterocycles. The Morgan fingerprint density at radius 2 is 1.51 bits per heavy atom. The van der Waals surface area contributed by atoms with E-state index in [0.717, 1.165) is 46.7 Å². The van der Waals surface area contributed by atoms with E-state index < -0.39 is 28.5 Å². The van der Waals surface area contributed by atoms with Crippen molar-refractivity contribution in [1.82, 2.24) is 10.2 Å². The van der Waals surface area contributed by atoms with Crippen molar-refractivity contribution >= 4 is 39.1 Å². The van der Waals surface area contributed by atoms with Gasteiger partial charge in [0.25, 0.3) is 10.0 Å². The largest absolute Gasteiger partial charge is 0.352 e. The molecule has 1 N–H and O–H groups in total. The standard InChI is InChI=1S/C32H38ClN3O4S/c1-22-9-13-26(14-10-22)20-35(25(4)32(38)34-28-7-5-6-8-28)31(37)21-36(30-18-15-27(33)19-24(30)3)41(39,40)29-16-11-23(2)12-17-29/h9-19,25,28H,5-8,20-21H2,1-4H3,(H,34,38)/t25-/m1/s1. The number of benzene rings is 3. The smallest absolute Gasteiger partial charge is 0.264 e. The molecule has 0 unspecified atom stereocenters. The Hall–Kier alpha value is -3.36. The van der Waals surface area contributed by atoms with Crippen molar-refractivity contribution in [2.75, 3.05) is 10.8 Å². The van der Waals surface area contributed by atoms with Crippen LogP contribution in [-0.4, -0.2) is 43.8 Å². The molecule has 3 aromatic rings. The van der Waals surface area contributed by atoms with Crippen molar-refractivity contribution < 1.29 is 18.0 Å². The van der Waals surface area contributed by atoms with Crippen LogP contribution in [0.1, 0.15) is 54.9 Å². The highest BCUT2D eigenvalue weighted by Crippen LogP contribution is 2.29. The lowest BCUT2D eigenvalue weighted by atomic mass is 10.1. The zero-order valence-corrected chi connectivity index (χ0v) is 25.6. The van der Waals surface area contributed by atoms with Gasteiger partial charge < -0.3 is 10.2 Å². The monoisotopic (exact) mass is 595 g/mol. The molecule has 3 aromatic carbocycles. The van der Waals surface area contributed by atoms with Gasteiger partial charge in [0.1, 0.15) is 12.6 Å². The van der Waals surface area contributed by atoms with Gasteiger partial charge in [-0.25, -0.2) is 8.42 Å². The second-order valence-electron chi connectivity index (χ2n) is 10.9. The summed E-state index contributed by atoms with van der Waals surface area (Å²) in [6.45, 7) is 6.99. The number of carbonyl (C=O) groups is 2. The minimum absolute atomic E-state index is 0.0716. The number of nitrogens with one attached hydrogen (secondary N) is 1. The van der Waals surface area contributed by atoms with Crippen molar-refractivity contribution in [1.29, 1.82) is 0 Å². The Bertz CT molecular complexity index is 1480. The van der Waals surface area contributed by atoms with Gasteiger partial charge in [-0.3, -0.25) is 13.9 Å². The molecular weight excluding hydrogens is 558 g/mol. The summed E-state index contributed by atoms with van der Waals surface area (Å²) in [6, 6.07) is 18.4. The molecule has 4 rings (SSSR count). The number of aryl methyl sites for hydroxylation is 3. The zero-order valence-electron chi connectivity index (χ0n) is 24.1. The van der Waals surface area contributed by atoms with Crippen LogP contribution >= 0.6 is 11.6 Å². The zero-order chi connectivity index (χ0) is 29.7. The van der Waals surface area contributed by atoms with Crippen LogP contribution in [0.4, 0.5) is 5.69 Å². The fraction of sp³-hybridized carbons (Fsp3) is 0.375. The topological polar surface area (TPSA) is 86.8 Å². The predicted octanol–water partition coefficient (Wildman–Crippen LogP) is 5.94. The third kappa shape index (κ3) is 7.49. The van der Waals surface area contributed by atoms with Crippen LogP contribution in [0.2, 0.25) is 5.02 Å². The van der Waals surface area contributed by atoms with E-state index in [1.807, 2.05) is 38.1 Å². The van der Waals surface area contributed by atoms with Crippen molar-refractivity contribution in [3.8, 4) is 0 Å². The maximum atomic E-state index is 14.1. The summed E-state index contributed by atoms with van der Waals surface area (Å²) in [5.74, 6) is -0.724. The molecule has 9 heteroatoms. The summed E-state index contributed by atoms with van der Waals surface area (Å²) in [5.41, 5.74) is 3.80. The average Bonchev–Trinajstić information content (AvgIpc) is 3.44. The molecule has 1 atom stereocenters. The average molecular weight is 596 g/mol. The summed E-state index contributed by atoms with van der Waals surface area (Å²) in [4.78, 5) is 29.0. The van der Waals surface area contributed by atoms with E-state index in [9.17, 15) is 18.0 Å². The second-order valence-corrected chi connectivity index (χ2v) is 13.2. The SMILES string of the molecule is Cc1ccc(CN(C(=O)CN(c2ccc(Cl)cc2C)S(=O)(=O)c2ccc(C)cc2)[C@H](C)C(=O)NC2CCCC2)cc1. The van der Waals surface area contributed by atoms with E-state index in [1.165, 1.54) is 17.0 Å². The highest BCUT2D eigenvalue weighted by atomic mass is 35.5. The van der Waals surface area contributed by atoms with Gasteiger partial charge >= 0.3 is 0 Å². The molecule has 41 heavy (non-hydrogen) atoms. The van der Waals surface area contributed by atoms with Gasteiger partial charge in [-0.2, -0.15) is 0 Å². The number of nitrogens with zero attached hydrogens (tertiary/aromatic N) is 2. The fourth-order valence-electron chi connectivity index (χ4n) is 5.11. The van der Waals surface area contributed by atoms with Gasteiger partial charge in [0.2, 0.25) is 11.8 Å². The maximum Gasteiger partial charge on any atom is 0.264 e. The van der Waals surface area contributed by atoms with E-state index in [-0.39, 0.29) is 23.4 Å². The van der Waals surface area contributed by atoms with Gasteiger partial charge in [0.15, 0.2) is 0 Å². The van der Waals surface area contributed by atoms with E-state index in [4.69, 9.17) is 11.6 Å². The Morgan fingerprint density at radius 3 is 2.10 bits per heavy atom. The Balaban J connectivity index is 1.70. The molecule has 218 valence electrons. The molecule has 0 heterocycles. The first-order valence-corrected chi connectivity index (χ1v) is 15.8. The first-order chi connectivity index (χ1) is 19.5. The first-order valence-electron chi connectivity index (χ1n) is 14.0. The Kier molecular flexibility index (Phi) is 9.76. The summed E-state index contributed by atoms with van der Waals surface area (Å²) < 4.78 is 29.1. The summed E-state index contributed by atoms with van der Waals surface area (Å²) in [7, 11) is -4.14. The fourth-order valence-corrected chi connectivity index (χ4v) is 6.82. The molecule has 0 aliphatic heterocycles. The number of sulfonamides is 1. The molecule has 0 aromatic heterocycles. The van der Waals surface area contributed by atoms with Crippen LogP contribution in [0.5, 0.6) is 0 Å². The lowest BCUT2D eigenvalue weighted by molar-refractivity contribution is -0.139. The first kappa shape index (κ1) is 30.6. The quantitative estimate of drug-likeness (QED) is 0.314. The van der Waals surface area contributed by atoms with Crippen LogP contribution < -0.4 is 9.62 Å². The van der Waals surface area contributed by atoms with E-state index in [0.29, 0.717) is 16.3 Å². The van der Waals surface area contributed by atoms with Crippen molar-refractivity contribution in [3.63, 3.8) is 0 Å². The number of hydrogen-bond acceptors (Lipinski definition) is 4. The van der Waals surface area contributed by atoms with Crippen LogP contribution in [0.3, 0.4) is 0 Å². The minimum Gasteiger partial charge on any atom is -0.352 e. The van der Waals surface area contributed by atoms with Gasteiger partial charge in [0, 0.05) is 17.6 Å². The van der Waals surface area contributed by atoms with E-state index in [2.05, 4.69) is 5.32 Å². The minimum atomic E-state index is -4.14. The summed E-state index contributed by atoms with van der Waals surface area (Å²) >= 11 is 6.19. The number of amides is 2. The molecule has 1 saturated carbocycles. The van der Waals surface area contributed by atoms with Crippen LogP contribution in [-0.2, 0) is 26.2 Å². The molecular formula is C32H38ClN3O4S. The highest BCUT2D eigenvalue weighted by Gasteiger charge is 2.34. The molecule has 1 aliphatic rings. The Morgan fingerprint density at radius 1 is 0.927 bits per heavy atom. The third-order valence-corrected chi connectivity index (χ3v) is 9.67. The normalized spacial score (nSPS) is 14.5. The summed E-state index contributed by atoms with van der Waals surface area (Å²) in [5, 5.41) is 3.55. The maximum absolute atomic E-state index is 14.1. The lowest BCUT2D eigenvalue weighted by Gasteiger charge is -2.33. The van der Waals surface area contributed by atoms with Crippen molar-refractivity contribution in [2.24, 2.45) is 0 Å². The number of hydrogen-bond donors (Lipinski definition) is 1. The van der Waals surface area contributed by atoms with Crippen LogP contribution in [0.25, 0.3) is 0 Å². The predicted molar refractivity (Wildman–Crippen MR) is 163 cm³/mol. The molecule has 0 spiro atoms. The van der Waals surface area contributed by atoms with Gasteiger partial charge in [-0.15, -0.1) is 0 Å².